The molecule has 116 valence electrons. The number of carbonyl (C=O) groups is 2. The molecule has 0 saturated carbocycles. The highest BCUT2D eigenvalue weighted by atomic mass is 32.1. The van der Waals surface area contributed by atoms with Crippen LogP contribution in [0.4, 0.5) is 0 Å². The fraction of sp³-hybridized carbons (Fsp3) is 0.643. The molecule has 21 heavy (non-hydrogen) atoms. The van der Waals surface area contributed by atoms with Crippen molar-refractivity contribution in [1.29, 1.82) is 0 Å². The summed E-state index contributed by atoms with van der Waals surface area (Å²) in [4.78, 5) is 29.7. The first-order valence-electron chi connectivity index (χ1n) is 7.04. The molecule has 1 aromatic rings. The number of carboxylic acid groups (broad SMARTS) is 1. The second kappa shape index (κ2) is 7.00. The summed E-state index contributed by atoms with van der Waals surface area (Å²) in [6.07, 6.45) is 0.998. The van der Waals surface area contributed by atoms with Crippen molar-refractivity contribution in [2.45, 2.75) is 32.7 Å². The molecule has 0 bridgehead atoms. The smallest absolute Gasteiger partial charge is 0.311 e. The van der Waals surface area contributed by atoms with Gasteiger partial charge in [0, 0.05) is 11.9 Å². The molecule has 1 aliphatic heterocycles. The van der Waals surface area contributed by atoms with Crippen molar-refractivity contribution in [3.63, 3.8) is 0 Å². The number of aliphatic carboxylic acids is 1. The molecule has 1 fully saturated rings. The number of carbonyl (C=O) groups excluding carboxylic acids is 1. The van der Waals surface area contributed by atoms with E-state index >= 15 is 0 Å². The maximum Gasteiger partial charge on any atom is 0.311 e. The summed E-state index contributed by atoms with van der Waals surface area (Å²) < 4.78 is 5.27. The van der Waals surface area contributed by atoms with Crippen LogP contribution >= 0.6 is 11.3 Å². The summed E-state index contributed by atoms with van der Waals surface area (Å²) in [5.41, 5.74) is 0.745. The average molecular weight is 312 g/mol. The van der Waals surface area contributed by atoms with Crippen LogP contribution in [-0.2, 0) is 20.7 Å². The summed E-state index contributed by atoms with van der Waals surface area (Å²) >= 11 is 1.51. The van der Waals surface area contributed by atoms with Gasteiger partial charge in [-0.2, -0.15) is 0 Å². The summed E-state index contributed by atoms with van der Waals surface area (Å²) in [6.45, 7) is 4.87. The zero-order valence-electron chi connectivity index (χ0n) is 12.2. The van der Waals surface area contributed by atoms with Gasteiger partial charge in [0.25, 0.3) is 0 Å². The number of aromatic nitrogens is 1. The molecule has 7 heteroatoms. The van der Waals surface area contributed by atoms with Crippen molar-refractivity contribution in [3.8, 4) is 0 Å². The fourth-order valence-electron chi connectivity index (χ4n) is 2.55. The van der Waals surface area contributed by atoms with E-state index in [0.717, 1.165) is 17.1 Å². The topological polar surface area (TPSA) is 79.7 Å². The molecule has 0 radical (unpaired) electrons. The molecule has 1 amide bonds. The lowest BCUT2D eigenvalue weighted by Crippen LogP contribution is -2.47. The minimum absolute atomic E-state index is 0.0797. The largest absolute Gasteiger partial charge is 0.481 e. The second-order valence-corrected chi connectivity index (χ2v) is 6.23. The van der Waals surface area contributed by atoms with E-state index in [2.05, 4.69) is 4.98 Å². The molecular weight excluding hydrogens is 292 g/mol. The van der Waals surface area contributed by atoms with Gasteiger partial charge in [0.2, 0.25) is 5.91 Å². The van der Waals surface area contributed by atoms with E-state index in [0.29, 0.717) is 13.2 Å². The zero-order valence-corrected chi connectivity index (χ0v) is 13.1. The fourth-order valence-corrected chi connectivity index (χ4v) is 3.16. The lowest BCUT2D eigenvalue weighted by molar-refractivity contribution is -0.145. The third-order valence-corrected chi connectivity index (χ3v) is 4.37. The van der Waals surface area contributed by atoms with Crippen molar-refractivity contribution in [2.24, 2.45) is 5.92 Å². The summed E-state index contributed by atoms with van der Waals surface area (Å²) in [7, 11) is 0. The van der Waals surface area contributed by atoms with Gasteiger partial charge in [-0.15, -0.1) is 11.3 Å². The molecule has 1 saturated heterocycles. The Bertz CT molecular complexity index is 517. The number of hydrogen-bond acceptors (Lipinski definition) is 5. The Labute approximate surface area is 127 Å². The van der Waals surface area contributed by atoms with Gasteiger partial charge in [0.05, 0.1) is 36.4 Å². The Kier molecular flexibility index (Phi) is 5.30. The third-order valence-electron chi connectivity index (χ3n) is 3.55. The molecule has 1 aromatic heterocycles. The predicted molar refractivity (Wildman–Crippen MR) is 78.3 cm³/mol. The molecule has 2 rings (SSSR count). The minimum atomic E-state index is -0.907. The molecular formula is C14H20N2O4S. The molecule has 1 N–H and O–H groups in total. The Hall–Kier alpha value is -1.47. The summed E-state index contributed by atoms with van der Waals surface area (Å²) in [5, 5.41) is 12.0. The van der Waals surface area contributed by atoms with Crippen LogP contribution < -0.4 is 0 Å². The van der Waals surface area contributed by atoms with Gasteiger partial charge in [-0.25, -0.2) is 4.98 Å². The zero-order chi connectivity index (χ0) is 15.4. The highest BCUT2D eigenvalue weighted by Gasteiger charge is 2.39. The predicted octanol–water partition coefficient (Wildman–Crippen LogP) is 1.33. The normalized spacial score (nSPS) is 21.4. The van der Waals surface area contributed by atoms with Crippen LogP contribution in [0.15, 0.2) is 5.38 Å². The van der Waals surface area contributed by atoms with Crippen molar-refractivity contribution in [1.82, 2.24) is 9.88 Å². The number of aryl methyl sites for hydroxylation is 1. The van der Waals surface area contributed by atoms with E-state index in [1.807, 2.05) is 19.2 Å². The summed E-state index contributed by atoms with van der Waals surface area (Å²) in [6, 6.07) is -0.380. The second-order valence-electron chi connectivity index (χ2n) is 5.17. The van der Waals surface area contributed by atoms with E-state index in [4.69, 9.17) is 4.74 Å². The maximum atomic E-state index is 12.5. The SMILES string of the molecule is CCCN(C(=O)Cc1csc(C)n1)C1COCC1C(=O)O. The molecule has 6 nitrogen and oxygen atoms in total. The van der Waals surface area contributed by atoms with Gasteiger partial charge in [0.1, 0.15) is 5.92 Å². The Morgan fingerprint density at radius 3 is 2.86 bits per heavy atom. The van der Waals surface area contributed by atoms with Crippen molar-refractivity contribution >= 4 is 23.2 Å². The van der Waals surface area contributed by atoms with Gasteiger partial charge in [-0.3, -0.25) is 9.59 Å². The van der Waals surface area contributed by atoms with Crippen LogP contribution in [0.1, 0.15) is 24.0 Å². The van der Waals surface area contributed by atoms with Crippen LogP contribution in [0.3, 0.4) is 0 Å². The standard InChI is InChI=1S/C14H20N2O4S/c1-3-4-16(12-7-20-6-11(12)14(18)19)13(17)5-10-8-21-9(2)15-10/h8,11-12H,3-7H2,1-2H3,(H,18,19). The molecule has 0 spiro atoms. The average Bonchev–Trinajstić information content (AvgIpc) is 3.05. The van der Waals surface area contributed by atoms with Crippen LogP contribution in [0.2, 0.25) is 0 Å². The van der Waals surface area contributed by atoms with E-state index in [9.17, 15) is 14.7 Å². The van der Waals surface area contributed by atoms with E-state index in [-0.39, 0.29) is 25.0 Å². The first-order chi connectivity index (χ1) is 10.0. The quantitative estimate of drug-likeness (QED) is 0.857. The Balaban J connectivity index is 2.10. The van der Waals surface area contributed by atoms with Crippen LogP contribution in [0.25, 0.3) is 0 Å². The van der Waals surface area contributed by atoms with Crippen molar-refractivity contribution in [3.05, 3.63) is 16.1 Å². The number of nitrogens with zero attached hydrogens (tertiary/aromatic N) is 2. The minimum Gasteiger partial charge on any atom is -0.481 e. The molecule has 2 heterocycles. The number of thiazole rings is 1. The summed E-state index contributed by atoms with van der Waals surface area (Å²) in [5.74, 6) is -1.63. The van der Waals surface area contributed by atoms with Gasteiger partial charge >= 0.3 is 5.97 Å². The van der Waals surface area contributed by atoms with Crippen LogP contribution in [0.5, 0.6) is 0 Å². The van der Waals surface area contributed by atoms with Crippen molar-refractivity contribution < 1.29 is 19.4 Å². The van der Waals surface area contributed by atoms with Crippen LogP contribution in [0, 0.1) is 12.8 Å². The van der Waals surface area contributed by atoms with E-state index in [1.165, 1.54) is 11.3 Å². The van der Waals surface area contributed by atoms with Gasteiger partial charge in [0.15, 0.2) is 0 Å². The lowest BCUT2D eigenvalue weighted by atomic mass is 10.0. The molecule has 2 unspecified atom stereocenters. The van der Waals surface area contributed by atoms with E-state index < -0.39 is 11.9 Å². The molecule has 0 aliphatic carbocycles. The van der Waals surface area contributed by atoms with Gasteiger partial charge < -0.3 is 14.7 Å². The maximum absolute atomic E-state index is 12.5. The number of ether oxygens (including phenoxy) is 1. The Morgan fingerprint density at radius 1 is 1.52 bits per heavy atom. The van der Waals surface area contributed by atoms with Gasteiger partial charge in [-0.05, 0) is 13.3 Å². The highest BCUT2D eigenvalue weighted by Crippen LogP contribution is 2.22. The molecule has 1 aliphatic rings. The first-order valence-corrected chi connectivity index (χ1v) is 7.92. The highest BCUT2D eigenvalue weighted by molar-refractivity contribution is 7.09. The Morgan fingerprint density at radius 2 is 2.29 bits per heavy atom. The van der Waals surface area contributed by atoms with Gasteiger partial charge in [-0.1, -0.05) is 6.92 Å². The third kappa shape index (κ3) is 3.79. The first kappa shape index (κ1) is 15.9. The molecule has 0 aromatic carbocycles. The lowest BCUT2D eigenvalue weighted by Gasteiger charge is -2.30. The van der Waals surface area contributed by atoms with Crippen molar-refractivity contribution in [2.75, 3.05) is 19.8 Å². The number of rotatable bonds is 6. The monoisotopic (exact) mass is 312 g/mol. The molecule has 2 atom stereocenters. The van der Waals surface area contributed by atoms with E-state index in [1.54, 1.807) is 4.90 Å². The number of carboxylic acids is 1. The number of hydrogen-bond donors (Lipinski definition) is 1. The number of amides is 1. The van der Waals surface area contributed by atoms with Crippen LogP contribution in [-0.4, -0.2) is 52.7 Å².